The molecule has 0 atom stereocenters. The van der Waals surface area contributed by atoms with Crippen LogP contribution in [0.3, 0.4) is 0 Å². The van der Waals surface area contributed by atoms with Crippen molar-refractivity contribution in [3.8, 4) is 11.5 Å². The molecule has 0 heterocycles. The molecule has 0 aliphatic rings. The van der Waals surface area contributed by atoms with Gasteiger partial charge in [0.2, 0.25) is 10.0 Å². The van der Waals surface area contributed by atoms with E-state index in [1.54, 1.807) is 24.3 Å². The predicted octanol–water partition coefficient (Wildman–Crippen LogP) is 3.65. The van der Waals surface area contributed by atoms with Crippen LogP contribution in [-0.4, -0.2) is 40.2 Å². The average Bonchev–Trinajstić information content (AvgIpc) is 2.84. The van der Waals surface area contributed by atoms with Crippen LogP contribution in [0.25, 0.3) is 0 Å². The number of methoxy groups -OCH3 is 1. The van der Waals surface area contributed by atoms with Gasteiger partial charge in [-0.1, -0.05) is 41.4 Å². The summed E-state index contributed by atoms with van der Waals surface area (Å²) in [6, 6.07) is 16.6. The predicted molar refractivity (Wildman–Crippen MR) is 132 cm³/mol. The summed E-state index contributed by atoms with van der Waals surface area (Å²) in [4.78, 5) is 24.4. The molecular weight excluding hydrogens is 517 g/mol. The van der Waals surface area contributed by atoms with Crippen molar-refractivity contribution in [3.05, 3.63) is 87.9 Å². The van der Waals surface area contributed by atoms with Gasteiger partial charge in [-0.3, -0.25) is 4.79 Å². The first-order valence-electron chi connectivity index (χ1n) is 9.91. The Hall–Kier alpha value is -3.44. The maximum absolute atomic E-state index is 12.4. The third-order valence-electron chi connectivity index (χ3n) is 4.42. The minimum absolute atomic E-state index is 0.0440. The lowest BCUT2D eigenvalue weighted by Gasteiger charge is -2.10. The Morgan fingerprint density at radius 2 is 1.74 bits per heavy atom. The van der Waals surface area contributed by atoms with Crippen molar-refractivity contribution in [1.82, 2.24) is 10.1 Å². The van der Waals surface area contributed by atoms with Crippen molar-refractivity contribution in [1.29, 1.82) is 0 Å². The molecule has 0 fully saturated rings. The standard InChI is InChI=1S/C23H19Cl2N3O6S/c1-33-21-11-15(7-10-20(21)34-23(30)18-9-8-16(24)12-19(18)25)13-26-28-22(29)14-27-35(31,32)17-5-3-2-4-6-17/h2-13,27H,14H2,1H3,(H,28,29)/b26-13+. The highest BCUT2D eigenvalue weighted by Gasteiger charge is 2.17. The number of rotatable bonds is 9. The summed E-state index contributed by atoms with van der Waals surface area (Å²) in [6.07, 6.45) is 1.31. The molecule has 0 bridgehead atoms. The Labute approximate surface area is 211 Å². The minimum atomic E-state index is -3.82. The molecule has 1 amide bonds. The summed E-state index contributed by atoms with van der Waals surface area (Å²) in [7, 11) is -2.42. The molecular formula is C23H19Cl2N3O6S. The number of sulfonamides is 1. The highest BCUT2D eigenvalue weighted by molar-refractivity contribution is 7.89. The zero-order valence-electron chi connectivity index (χ0n) is 18.2. The molecule has 0 aromatic heterocycles. The van der Waals surface area contributed by atoms with Crippen LogP contribution in [0.1, 0.15) is 15.9 Å². The Morgan fingerprint density at radius 1 is 1.00 bits per heavy atom. The first-order chi connectivity index (χ1) is 16.7. The topological polar surface area (TPSA) is 123 Å². The molecule has 0 radical (unpaired) electrons. The fourth-order valence-corrected chi connectivity index (χ4v) is 4.21. The molecule has 3 aromatic rings. The number of esters is 1. The number of hydrazone groups is 1. The van der Waals surface area contributed by atoms with E-state index in [4.69, 9.17) is 32.7 Å². The number of hydrogen-bond acceptors (Lipinski definition) is 7. The first kappa shape index (κ1) is 26.2. The highest BCUT2D eigenvalue weighted by atomic mass is 35.5. The first-order valence-corrected chi connectivity index (χ1v) is 12.2. The fourth-order valence-electron chi connectivity index (χ4n) is 2.72. The molecule has 2 N–H and O–H groups in total. The smallest absolute Gasteiger partial charge is 0.345 e. The molecule has 0 unspecified atom stereocenters. The van der Waals surface area contributed by atoms with Gasteiger partial charge in [-0.15, -0.1) is 0 Å². The van der Waals surface area contributed by atoms with E-state index in [9.17, 15) is 18.0 Å². The van der Waals surface area contributed by atoms with Crippen molar-refractivity contribution >= 4 is 51.3 Å². The number of carbonyl (C=O) groups is 2. The number of halogens is 2. The zero-order chi connectivity index (χ0) is 25.4. The molecule has 0 saturated heterocycles. The van der Waals surface area contributed by atoms with Gasteiger partial charge in [0, 0.05) is 5.02 Å². The Morgan fingerprint density at radius 3 is 2.43 bits per heavy atom. The molecule has 9 nitrogen and oxygen atoms in total. The van der Waals surface area contributed by atoms with E-state index in [0.717, 1.165) is 0 Å². The van der Waals surface area contributed by atoms with Crippen LogP contribution in [-0.2, 0) is 14.8 Å². The minimum Gasteiger partial charge on any atom is -0.493 e. The number of hydrogen-bond donors (Lipinski definition) is 2. The van der Waals surface area contributed by atoms with Crippen LogP contribution in [0.15, 0.2) is 76.7 Å². The van der Waals surface area contributed by atoms with E-state index in [0.29, 0.717) is 10.6 Å². The van der Waals surface area contributed by atoms with E-state index in [-0.39, 0.29) is 27.0 Å². The van der Waals surface area contributed by atoms with Crippen LogP contribution in [0, 0.1) is 0 Å². The largest absolute Gasteiger partial charge is 0.493 e. The van der Waals surface area contributed by atoms with Crippen molar-refractivity contribution in [2.75, 3.05) is 13.7 Å². The summed E-state index contributed by atoms with van der Waals surface area (Å²) >= 11 is 11.9. The van der Waals surface area contributed by atoms with Crippen molar-refractivity contribution in [2.45, 2.75) is 4.90 Å². The molecule has 182 valence electrons. The van der Waals surface area contributed by atoms with Crippen LogP contribution in [0.2, 0.25) is 10.0 Å². The number of ether oxygens (including phenoxy) is 2. The van der Waals surface area contributed by atoms with E-state index >= 15 is 0 Å². The molecule has 0 aliphatic heterocycles. The molecule has 3 rings (SSSR count). The van der Waals surface area contributed by atoms with Crippen LogP contribution in [0.5, 0.6) is 11.5 Å². The monoisotopic (exact) mass is 535 g/mol. The van der Waals surface area contributed by atoms with E-state index in [1.807, 2.05) is 0 Å². The van der Waals surface area contributed by atoms with Gasteiger partial charge in [0.1, 0.15) is 0 Å². The van der Waals surface area contributed by atoms with E-state index < -0.39 is 28.4 Å². The highest BCUT2D eigenvalue weighted by Crippen LogP contribution is 2.29. The third kappa shape index (κ3) is 7.27. The Kier molecular flexibility index (Phi) is 8.83. The molecule has 0 saturated carbocycles. The van der Waals surface area contributed by atoms with Crippen molar-refractivity contribution < 1.29 is 27.5 Å². The maximum Gasteiger partial charge on any atom is 0.345 e. The molecule has 0 spiro atoms. The number of amides is 1. The maximum atomic E-state index is 12.4. The lowest BCUT2D eigenvalue weighted by molar-refractivity contribution is -0.119. The van der Waals surface area contributed by atoms with Gasteiger partial charge in [-0.25, -0.2) is 23.4 Å². The second kappa shape index (κ2) is 11.8. The van der Waals surface area contributed by atoms with Gasteiger partial charge in [0.25, 0.3) is 5.91 Å². The third-order valence-corrected chi connectivity index (χ3v) is 6.39. The Bertz CT molecular complexity index is 1360. The van der Waals surface area contributed by atoms with Crippen molar-refractivity contribution in [2.24, 2.45) is 5.10 Å². The molecule has 12 heteroatoms. The fraction of sp³-hybridized carbons (Fsp3) is 0.0870. The number of nitrogens with one attached hydrogen (secondary N) is 2. The van der Waals surface area contributed by atoms with E-state index in [2.05, 4.69) is 15.2 Å². The van der Waals surface area contributed by atoms with Crippen LogP contribution < -0.4 is 19.6 Å². The van der Waals surface area contributed by atoms with Crippen LogP contribution >= 0.6 is 23.2 Å². The lowest BCUT2D eigenvalue weighted by atomic mass is 10.2. The normalized spacial score (nSPS) is 11.3. The second-order valence-electron chi connectivity index (χ2n) is 6.85. The summed E-state index contributed by atoms with van der Waals surface area (Å²) < 4.78 is 37.1. The van der Waals surface area contributed by atoms with Gasteiger partial charge in [0.15, 0.2) is 11.5 Å². The summed E-state index contributed by atoms with van der Waals surface area (Å²) in [5.74, 6) is -0.996. The number of carbonyl (C=O) groups excluding carboxylic acids is 2. The lowest BCUT2D eigenvalue weighted by Crippen LogP contribution is -2.34. The summed E-state index contributed by atoms with van der Waals surface area (Å²) in [6.45, 7) is -0.500. The van der Waals surface area contributed by atoms with Gasteiger partial charge in [-0.2, -0.15) is 5.10 Å². The molecule has 0 aliphatic carbocycles. The van der Waals surface area contributed by atoms with Gasteiger partial charge in [0.05, 0.1) is 35.4 Å². The number of benzene rings is 3. The van der Waals surface area contributed by atoms with Gasteiger partial charge in [-0.05, 0) is 54.1 Å². The van der Waals surface area contributed by atoms with Gasteiger partial charge < -0.3 is 9.47 Å². The molecule has 35 heavy (non-hydrogen) atoms. The zero-order valence-corrected chi connectivity index (χ0v) is 20.5. The van der Waals surface area contributed by atoms with E-state index in [1.165, 1.54) is 55.8 Å². The second-order valence-corrected chi connectivity index (χ2v) is 9.47. The molecule has 3 aromatic carbocycles. The number of nitrogens with zero attached hydrogens (tertiary/aromatic N) is 1. The van der Waals surface area contributed by atoms with Gasteiger partial charge >= 0.3 is 5.97 Å². The quantitative estimate of drug-likeness (QED) is 0.186. The van der Waals surface area contributed by atoms with Crippen molar-refractivity contribution in [3.63, 3.8) is 0 Å². The Balaban J connectivity index is 1.59. The summed E-state index contributed by atoms with van der Waals surface area (Å²) in [5.41, 5.74) is 2.87. The van der Waals surface area contributed by atoms with Crippen LogP contribution in [0.4, 0.5) is 0 Å². The average molecular weight is 536 g/mol. The summed E-state index contributed by atoms with van der Waals surface area (Å²) in [5, 5.41) is 4.32. The SMILES string of the molecule is COc1cc(/C=N/NC(=O)CNS(=O)(=O)c2ccccc2)ccc1OC(=O)c1ccc(Cl)cc1Cl.